The van der Waals surface area contributed by atoms with E-state index in [-0.39, 0.29) is 0 Å². The predicted molar refractivity (Wildman–Crippen MR) is 152 cm³/mol. The Kier molecular flexibility index (Phi) is 4.53. The van der Waals surface area contributed by atoms with Crippen LogP contribution in [0.25, 0.3) is 54.2 Å². The number of fused-ring (bicyclic) bond motifs is 8. The Morgan fingerprint density at radius 3 is 1.80 bits per heavy atom. The fraction of sp³-hybridized carbons (Fsp3) is 0. The summed E-state index contributed by atoms with van der Waals surface area (Å²) < 4.78 is 0. The lowest BCUT2D eigenvalue weighted by molar-refractivity contribution is 1.56. The van der Waals surface area contributed by atoms with E-state index >= 15 is 0 Å². The number of benzene rings is 7. The molecule has 1 heteroatoms. The zero-order chi connectivity index (χ0) is 23.2. The maximum absolute atomic E-state index is 3.73. The summed E-state index contributed by atoms with van der Waals surface area (Å²) >= 11 is 0. The molecule has 0 heterocycles. The first-order chi connectivity index (χ1) is 17.4. The minimum atomic E-state index is 1.08. The molecule has 1 nitrogen and oxygen atoms in total. The minimum Gasteiger partial charge on any atom is -0.355 e. The highest BCUT2D eigenvalue weighted by atomic mass is 14.9. The van der Waals surface area contributed by atoms with Crippen LogP contribution < -0.4 is 5.32 Å². The zero-order valence-electron chi connectivity index (χ0n) is 19.2. The highest BCUT2D eigenvalue weighted by Crippen LogP contribution is 2.42. The van der Waals surface area contributed by atoms with Crippen LogP contribution in [-0.4, -0.2) is 0 Å². The van der Waals surface area contributed by atoms with Crippen molar-refractivity contribution in [1.29, 1.82) is 0 Å². The van der Waals surface area contributed by atoms with Gasteiger partial charge in [0.1, 0.15) is 0 Å². The van der Waals surface area contributed by atoms with Crippen LogP contribution in [0.2, 0.25) is 0 Å². The van der Waals surface area contributed by atoms with Gasteiger partial charge < -0.3 is 5.32 Å². The van der Waals surface area contributed by atoms with Gasteiger partial charge in [0, 0.05) is 16.8 Å². The monoisotopic (exact) mass is 445 g/mol. The Morgan fingerprint density at radius 1 is 0.343 bits per heavy atom. The number of rotatable bonds is 3. The van der Waals surface area contributed by atoms with Gasteiger partial charge in [-0.3, -0.25) is 0 Å². The smallest absolute Gasteiger partial charge is 0.0470 e. The average molecular weight is 446 g/mol. The van der Waals surface area contributed by atoms with Gasteiger partial charge in [0.05, 0.1) is 0 Å². The first-order valence-electron chi connectivity index (χ1n) is 12.0. The van der Waals surface area contributed by atoms with Gasteiger partial charge in [-0.15, -0.1) is 0 Å². The van der Waals surface area contributed by atoms with Crippen molar-refractivity contribution >= 4 is 54.5 Å². The summed E-state index contributed by atoms with van der Waals surface area (Å²) in [5, 5.41) is 14.0. The molecule has 0 radical (unpaired) electrons. The van der Waals surface area contributed by atoms with E-state index in [4.69, 9.17) is 0 Å². The quantitative estimate of drug-likeness (QED) is 0.267. The van der Waals surface area contributed by atoms with Gasteiger partial charge in [-0.05, 0) is 67.0 Å². The molecule has 7 rings (SSSR count). The fourth-order valence-corrected chi connectivity index (χ4v) is 5.41. The molecule has 164 valence electrons. The SMILES string of the molecule is c1ccc(-c2ccc(Nc3cccc4c5ccccc5c5c6ccccc6ccc5c34)cc2)cc1. The van der Waals surface area contributed by atoms with Gasteiger partial charge in [0.2, 0.25) is 0 Å². The van der Waals surface area contributed by atoms with Crippen LogP contribution in [0.1, 0.15) is 0 Å². The lowest BCUT2D eigenvalue weighted by Crippen LogP contribution is -1.93. The lowest BCUT2D eigenvalue weighted by atomic mass is 9.90. The topological polar surface area (TPSA) is 12.0 Å². The normalized spacial score (nSPS) is 11.4. The largest absolute Gasteiger partial charge is 0.355 e. The van der Waals surface area contributed by atoms with Gasteiger partial charge in [0.25, 0.3) is 0 Å². The summed E-state index contributed by atoms with van der Waals surface area (Å²) in [6.07, 6.45) is 0. The van der Waals surface area contributed by atoms with Gasteiger partial charge >= 0.3 is 0 Å². The van der Waals surface area contributed by atoms with Gasteiger partial charge in [-0.25, -0.2) is 0 Å². The molecule has 0 saturated heterocycles. The van der Waals surface area contributed by atoms with E-state index < -0.39 is 0 Å². The summed E-state index contributed by atoms with van der Waals surface area (Å²) in [6, 6.07) is 47.8. The van der Waals surface area contributed by atoms with E-state index in [1.54, 1.807) is 0 Å². The predicted octanol–water partition coefficient (Wildman–Crippen LogP) is 9.71. The molecule has 0 aliphatic rings. The molecule has 1 N–H and O–H groups in total. The van der Waals surface area contributed by atoms with Gasteiger partial charge in [-0.2, -0.15) is 0 Å². The maximum atomic E-state index is 3.73. The highest BCUT2D eigenvalue weighted by molar-refractivity contribution is 6.33. The molecule has 7 aromatic carbocycles. The van der Waals surface area contributed by atoms with E-state index in [1.807, 2.05) is 0 Å². The molecule has 0 saturated carbocycles. The summed E-state index contributed by atoms with van der Waals surface area (Å²) in [5.74, 6) is 0. The average Bonchev–Trinajstić information content (AvgIpc) is 2.94. The second-order valence-electron chi connectivity index (χ2n) is 9.05. The van der Waals surface area contributed by atoms with Crippen molar-refractivity contribution in [3.8, 4) is 11.1 Å². The Balaban J connectivity index is 1.46. The fourth-order valence-electron chi connectivity index (χ4n) is 5.41. The van der Waals surface area contributed by atoms with E-state index in [0.29, 0.717) is 0 Å². The van der Waals surface area contributed by atoms with Crippen molar-refractivity contribution in [3.05, 3.63) is 133 Å². The molecule has 0 spiro atoms. The number of nitrogens with one attached hydrogen (secondary N) is 1. The van der Waals surface area contributed by atoms with Crippen LogP contribution in [0.4, 0.5) is 11.4 Å². The van der Waals surface area contributed by atoms with Crippen molar-refractivity contribution in [2.75, 3.05) is 5.32 Å². The Bertz CT molecular complexity index is 1850. The van der Waals surface area contributed by atoms with E-state index in [1.165, 1.54) is 54.2 Å². The second kappa shape index (κ2) is 8.00. The first-order valence-corrected chi connectivity index (χ1v) is 12.0. The Morgan fingerprint density at radius 2 is 0.971 bits per heavy atom. The zero-order valence-corrected chi connectivity index (χ0v) is 19.2. The van der Waals surface area contributed by atoms with Crippen LogP contribution in [0.15, 0.2) is 133 Å². The molecular formula is C34H23N. The maximum Gasteiger partial charge on any atom is 0.0470 e. The summed E-state index contributed by atoms with van der Waals surface area (Å²) in [4.78, 5) is 0. The first kappa shape index (κ1) is 19.8. The van der Waals surface area contributed by atoms with Crippen molar-refractivity contribution in [1.82, 2.24) is 0 Å². The molecule has 0 fully saturated rings. The van der Waals surface area contributed by atoms with Crippen LogP contribution >= 0.6 is 0 Å². The molecular weight excluding hydrogens is 422 g/mol. The Labute approximate surface area is 204 Å². The lowest BCUT2D eigenvalue weighted by Gasteiger charge is -2.17. The minimum absolute atomic E-state index is 1.08. The summed E-state index contributed by atoms with van der Waals surface area (Å²) in [5.41, 5.74) is 4.66. The molecule has 0 bridgehead atoms. The molecule has 0 aliphatic carbocycles. The van der Waals surface area contributed by atoms with E-state index in [2.05, 4.69) is 139 Å². The molecule has 0 unspecified atom stereocenters. The van der Waals surface area contributed by atoms with Crippen molar-refractivity contribution in [2.24, 2.45) is 0 Å². The number of hydrogen-bond donors (Lipinski definition) is 1. The van der Waals surface area contributed by atoms with Crippen LogP contribution in [0.3, 0.4) is 0 Å². The van der Waals surface area contributed by atoms with E-state index in [0.717, 1.165) is 11.4 Å². The molecule has 7 aromatic rings. The Hall–Kier alpha value is -4.62. The third-order valence-electron chi connectivity index (χ3n) is 7.02. The van der Waals surface area contributed by atoms with Crippen LogP contribution in [0.5, 0.6) is 0 Å². The van der Waals surface area contributed by atoms with Crippen molar-refractivity contribution in [2.45, 2.75) is 0 Å². The number of anilines is 2. The molecule has 0 aromatic heterocycles. The van der Waals surface area contributed by atoms with Gasteiger partial charge in [0.15, 0.2) is 0 Å². The highest BCUT2D eigenvalue weighted by Gasteiger charge is 2.14. The summed E-state index contributed by atoms with van der Waals surface area (Å²) in [7, 11) is 0. The number of hydrogen-bond acceptors (Lipinski definition) is 1. The van der Waals surface area contributed by atoms with Crippen molar-refractivity contribution in [3.63, 3.8) is 0 Å². The van der Waals surface area contributed by atoms with Crippen LogP contribution in [0, 0.1) is 0 Å². The summed E-state index contributed by atoms with van der Waals surface area (Å²) in [6.45, 7) is 0. The van der Waals surface area contributed by atoms with E-state index in [9.17, 15) is 0 Å². The third kappa shape index (κ3) is 3.25. The second-order valence-corrected chi connectivity index (χ2v) is 9.05. The van der Waals surface area contributed by atoms with Crippen LogP contribution in [-0.2, 0) is 0 Å². The van der Waals surface area contributed by atoms with Crippen molar-refractivity contribution < 1.29 is 0 Å². The standard InChI is InChI=1S/C34H23N/c1-2-9-23(10-3-1)24-17-20-26(21-18-24)35-32-16-8-15-30-28-13-6-7-14-29(28)33-27-12-5-4-11-25(27)19-22-31(33)34(30)32/h1-22,35H. The molecule has 0 aliphatic heterocycles. The molecule has 0 atom stereocenters. The third-order valence-corrected chi connectivity index (χ3v) is 7.02. The van der Waals surface area contributed by atoms with Gasteiger partial charge in [-0.1, -0.05) is 115 Å². The molecule has 35 heavy (non-hydrogen) atoms. The molecule has 0 amide bonds.